The van der Waals surface area contributed by atoms with Gasteiger partial charge in [-0.25, -0.2) is 0 Å². The van der Waals surface area contributed by atoms with E-state index in [4.69, 9.17) is 14.6 Å². The second kappa shape index (κ2) is 10.3. The first-order chi connectivity index (χ1) is 16.1. The summed E-state index contributed by atoms with van der Waals surface area (Å²) in [6, 6.07) is 22.3. The van der Waals surface area contributed by atoms with Crippen molar-refractivity contribution in [2.24, 2.45) is 0 Å². The summed E-state index contributed by atoms with van der Waals surface area (Å²) in [7, 11) is 0. The summed E-state index contributed by atoms with van der Waals surface area (Å²) < 4.78 is 12.0. The van der Waals surface area contributed by atoms with Crippen molar-refractivity contribution in [2.75, 3.05) is 6.61 Å². The van der Waals surface area contributed by atoms with E-state index in [9.17, 15) is 4.79 Å². The minimum atomic E-state index is -0.853. The van der Waals surface area contributed by atoms with Crippen LogP contribution in [-0.2, 0) is 11.2 Å². The SMILES string of the molecule is CC#CC(CC(=O)O)c1ccc(OC2CCc3c(-c4cccc(OCC)c4)cccc32)cc1. The van der Waals surface area contributed by atoms with E-state index < -0.39 is 5.97 Å². The van der Waals surface area contributed by atoms with Crippen LogP contribution in [0, 0.1) is 11.8 Å². The van der Waals surface area contributed by atoms with Gasteiger partial charge in [0.15, 0.2) is 0 Å². The van der Waals surface area contributed by atoms with Crippen molar-refractivity contribution in [3.63, 3.8) is 0 Å². The largest absolute Gasteiger partial charge is 0.494 e. The third kappa shape index (κ3) is 5.21. The molecule has 0 heterocycles. The predicted octanol–water partition coefficient (Wildman–Crippen LogP) is 6.40. The molecule has 4 rings (SSSR count). The van der Waals surface area contributed by atoms with Crippen LogP contribution in [0.3, 0.4) is 0 Å². The molecule has 168 valence electrons. The van der Waals surface area contributed by atoms with Crippen LogP contribution in [0.1, 0.15) is 55.4 Å². The van der Waals surface area contributed by atoms with Gasteiger partial charge >= 0.3 is 5.97 Å². The Morgan fingerprint density at radius 2 is 1.88 bits per heavy atom. The van der Waals surface area contributed by atoms with E-state index in [-0.39, 0.29) is 18.4 Å². The molecule has 0 radical (unpaired) electrons. The normalized spacial score (nSPS) is 15.2. The highest BCUT2D eigenvalue weighted by molar-refractivity contribution is 5.71. The molecular formula is C29H28O4. The molecule has 0 amide bonds. The van der Waals surface area contributed by atoms with Crippen LogP contribution in [0.15, 0.2) is 66.7 Å². The second-order valence-corrected chi connectivity index (χ2v) is 8.09. The maximum absolute atomic E-state index is 11.2. The van der Waals surface area contributed by atoms with E-state index in [0.717, 1.165) is 35.5 Å². The van der Waals surface area contributed by atoms with Crippen LogP contribution >= 0.6 is 0 Å². The fraction of sp³-hybridized carbons (Fsp3) is 0.276. The Balaban J connectivity index is 1.53. The maximum atomic E-state index is 11.2. The second-order valence-electron chi connectivity index (χ2n) is 8.09. The van der Waals surface area contributed by atoms with Gasteiger partial charge in [0.25, 0.3) is 0 Å². The average Bonchev–Trinajstić information content (AvgIpc) is 3.22. The summed E-state index contributed by atoms with van der Waals surface area (Å²) in [6.07, 6.45) is 1.86. The highest BCUT2D eigenvalue weighted by atomic mass is 16.5. The number of carboxylic acids is 1. The lowest BCUT2D eigenvalue weighted by molar-refractivity contribution is -0.137. The number of hydrogen-bond donors (Lipinski definition) is 1. The minimum Gasteiger partial charge on any atom is -0.494 e. The molecule has 0 saturated heterocycles. The van der Waals surface area contributed by atoms with E-state index in [1.807, 2.05) is 43.3 Å². The lowest BCUT2D eigenvalue weighted by Crippen LogP contribution is -2.06. The predicted molar refractivity (Wildman–Crippen MR) is 130 cm³/mol. The van der Waals surface area contributed by atoms with Crippen molar-refractivity contribution >= 4 is 5.97 Å². The number of aliphatic carboxylic acids is 1. The van der Waals surface area contributed by atoms with Gasteiger partial charge in [-0.3, -0.25) is 4.79 Å². The molecule has 3 aromatic rings. The van der Waals surface area contributed by atoms with Crippen LogP contribution in [0.5, 0.6) is 11.5 Å². The first-order valence-electron chi connectivity index (χ1n) is 11.3. The Kier molecular flexibility index (Phi) is 7.00. The zero-order valence-electron chi connectivity index (χ0n) is 19.0. The molecule has 0 saturated carbocycles. The van der Waals surface area contributed by atoms with E-state index in [2.05, 4.69) is 42.2 Å². The van der Waals surface area contributed by atoms with Crippen LogP contribution in [-0.4, -0.2) is 17.7 Å². The molecule has 0 fully saturated rings. The average molecular weight is 441 g/mol. The van der Waals surface area contributed by atoms with Gasteiger partial charge in [-0.05, 0) is 78.8 Å². The third-order valence-corrected chi connectivity index (χ3v) is 5.93. The summed E-state index contributed by atoms with van der Waals surface area (Å²) in [4.78, 5) is 11.2. The van der Waals surface area contributed by atoms with Gasteiger partial charge in [0.05, 0.1) is 18.9 Å². The van der Waals surface area contributed by atoms with E-state index in [0.29, 0.717) is 6.61 Å². The smallest absolute Gasteiger partial charge is 0.304 e. The summed E-state index contributed by atoms with van der Waals surface area (Å²) >= 11 is 0. The Hall–Kier alpha value is -3.71. The molecule has 1 N–H and O–H groups in total. The third-order valence-electron chi connectivity index (χ3n) is 5.93. The molecule has 1 aliphatic carbocycles. The number of benzene rings is 3. The number of carboxylic acid groups (broad SMARTS) is 1. The number of fused-ring (bicyclic) bond motifs is 1. The molecular weight excluding hydrogens is 412 g/mol. The van der Waals surface area contributed by atoms with Gasteiger partial charge in [-0.1, -0.05) is 48.4 Å². The zero-order chi connectivity index (χ0) is 23.2. The molecule has 0 bridgehead atoms. The first-order valence-corrected chi connectivity index (χ1v) is 11.3. The Morgan fingerprint density at radius 3 is 2.61 bits per heavy atom. The first kappa shape index (κ1) is 22.5. The van der Waals surface area contributed by atoms with Crippen molar-refractivity contribution in [1.29, 1.82) is 0 Å². The molecule has 0 aliphatic heterocycles. The molecule has 0 spiro atoms. The molecule has 2 unspecified atom stereocenters. The molecule has 3 aromatic carbocycles. The number of rotatable bonds is 8. The topological polar surface area (TPSA) is 55.8 Å². The molecule has 33 heavy (non-hydrogen) atoms. The van der Waals surface area contributed by atoms with Crippen LogP contribution < -0.4 is 9.47 Å². The number of hydrogen-bond acceptors (Lipinski definition) is 3. The molecule has 2 atom stereocenters. The Morgan fingerprint density at radius 1 is 1.09 bits per heavy atom. The lowest BCUT2D eigenvalue weighted by atomic mass is 9.96. The van der Waals surface area contributed by atoms with Gasteiger partial charge in [0.1, 0.15) is 17.6 Å². The van der Waals surface area contributed by atoms with Crippen LogP contribution in [0.2, 0.25) is 0 Å². The van der Waals surface area contributed by atoms with Gasteiger partial charge < -0.3 is 14.6 Å². The van der Waals surface area contributed by atoms with Crippen molar-refractivity contribution in [2.45, 2.75) is 45.1 Å². The van der Waals surface area contributed by atoms with Crippen molar-refractivity contribution in [3.8, 4) is 34.5 Å². The van der Waals surface area contributed by atoms with E-state index >= 15 is 0 Å². The standard InChI is InChI=1S/C29H28O4/c1-3-7-21(19-29(30)31)20-12-14-23(15-13-20)33-28-17-16-26-25(10-6-11-27(26)28)22-8-5-9-24(18-22)32-4-2/h5-6,8-15,18,21,28H,4,16-17,19H2,1-2H3,(H,30,31). The van der Waals surface area contributed by atoms with Gasteiger partial charge in [-0.2, -0.15) is 0 Å². The molecule has 0 aromatic heterocycles. The molecule has 4 nitrogen and oxygen atoms in total. The summed E-state index contributed by atoms with van der Waals surface area (Å²) in [5.41, 5.74) is 5.82. The van der Waals surface area contributed by atoms with Crippen LogP contribution in [0.25, 0.3) is 11.1 Å². The highest BCUT2D eigenvalue weighted by Gasteiger charge is 2.26. The van der Waals surface area contributed by atoms with Crippen molar-refractivity contribution in [1.82, 2.24) is 0 Å². The Labute approximate surface area is 195 Å². The lowest BCUT2D eigenvalue weighted by Gasteiger charge is -2.17. The molecule has 4 heteroatoms. The quantitative estimate of drug-likeness (QED) is 0.412. The minimum absolute atomic E-state index is 0.00822. The van der Waals surface area contributed by atoms with Gasteiger partial charge in [0.2, 0.25) is 0 Å². The van der Waals surface area contributed by atoms with E-state index in [1.165, 1.54) is 16.7 Å². The number of ether oxygens (including phenoxy) is 2. The van der Waals surface area contributed by atoms with E-state index in [1.54, 1.807) is 6.92 Å². The highest BCUT2D eigenvalue weighted by Crippen LogP contribution is 2.40. The maximum Gasteiger partial charge on any atom is 0.304 e. The summed E-state index contributed by atoms with van der Waals surface area (Å²) in [5.74, 6) is 6.31. The van der Waals surface area contributed by atoms with Crippen LogP contribution in [0.4, 0.5) is 0 Å². The van der Waals surface area contributed by atoms with Crippen molar-refractivity contribution < 1.29 is 19.4 Å². The Bertz CT molecular complexity index is 1180. The monoisotopic (exact) mass is 440 g/mol. The summed E-state index contributed by atoms with van der Waals surface area (Å²) in [5, 5.41) is 9.16. The van der Waals surface area contributed by atoms with Gasteiger partial charge in [-0.15, -0.1) is 5.92 Å². The fourth-order valence-corrected chi connectivity index (χ4v) is 4.47. The summed E-state index contributed by atoms with van der Waals surface area (Å²) in [6.45, 7) is 4.36. The molecule has 1 aliphatic rings. The zero-order valence-corrected chi connectivity index (χ0v) is 19.0. The fourth-order valence-electron chi connectivity index (χ4n) is 4.47. The number of carbonyl (C=O) groups is 1. The van der Waals surface area contributed by atoms with Crippen molar-refractivity contribution in [3.05, 3.63) is 83.4 Å². The van der Waals surface area contributed by atoms with Gasteiger partial charge in [0, 0.05) is 0 Å².